The van der Waals surface area contributed by atoms with Crippen molar-refractivity contribution < 1.29 is 43.1 Å². The Morgan fingerprint density at radius 2 is 0.959 bits per heavy atom. The highest BCUT2D eigenvalue weighted by Crippen LogP contribution is 2.45. The molecule has 5 aromatic rings. The number of carbonyl (C=O) groups is 2. The quantitative estimate of drug-likeness (QED) is 0.0152. The molecule has 0 spiro atoms. The Labute approximate surface area is 457 Å². The van der Waals surface area contributed by atoms with Crippen molar-refractivity contribution in [2.45, 2.75) is 153 Å². The van der Waals surface area contributed by atoms with Gasteiger partial charge in [-0.05, 0) is 35.1 Å². The molecule has 5 aromatic carbocycles. The molecule has 1 N–H and O–H groups in total. The molecule has 0 radical (unpaired) electrons. The number of halogens is 4. The van der Waals surface area contributed by atoms with Crippen LogP contribution in [0.15, 0.2) is 133 Å². The van der Waals surface area contributed by atoms with Gasteiger partial charge in [-0.15, -0.1) is 0 Å². The van der Waals surface area contributed by atoms with Crippen molar-refractivity contribution in [1.29, 1.82) is 0 Å². The molecule has 0 unspecified atom stereocenters. The number of carbonyl (C=O) groups excluding carboxylic acids is 2. The van der Waals surface area contributed by atoms with Gasteiger partial charge in [0.05, 0.1) is 83.0 Å². The number of amides is 2. The molecule has 396 valence electrons. The Hall–Kier alpha value is -4.14. The van der Waals surface area contributed by atoms with Crippen molar-refractivity contribution in [3.63, 3.8) is 0 Å². The molecule has 0 bridgehead atoms. The fourth-order valence-corrected chi connectivity index (χ4v) is 10.4. The van der Waals surface area contributed by atoms with Crippen molar-refractivity contribution in [2.75, 3.05) is 13.2 Å². The first-order valence-corrected chi connectivity index (χ1v) is 27.6. The minimum Gasteiger partial charge on any atom is -0.387 e. The van der Waals surface area contributed by atoms with E-state index in [1.807, 2.05) is 127 Å². The lowest BCUT2D eigenvalue weighted by molar-refractivity contribution is -0.330. The van der Waals surface area contributed by atoms with Crippen molar-refractivity contribution in [3.05, 3.63) is 187 Å². The lowest BCUT2D eigenvalue weighted by Gasteiger charge is -2.46. The van der Waals surface area contributed by atoms with Gasteiger partial charge in [-0.3, -0.25) is 14.5 Å². The monoisotopic (exact) mass is 1090 g/mol. The lowest BCUT2D eigenvalue weighted by atomic mass is 9.97. The number of hydrogen-bond donors (Lipinski definition) is 1. The summed E-state index contributed by atoms with van der Waals surface area (Å²) in [6.07, 6.45) is 11.5. The van der Waals surface area contributed by atoms with Crippen molar-refractivity contribution in [3.8, 4) is 0 Å². The van der Waals surface area contributed by atoms with Crippen LogP contribution in [0.2, 0.25) is 20.1 Å². The first-order chi connectivity index (χ1) is 36.2. The first-order valence-electron chi connectivity index (χ1n) is 26.1. The number of unbranched alkanes of at least 4 members (excludes halogenated alkanes) is 11. The molecule has 1 saturated heterocycles. The molecule has 0 aliphatic carbocycles. The standard InChI is InChI=1S/C60H69Cl4NO9/c1-2-3-4-5-6-7-8-9-10-11-12-13-26-35-47(66)46(65-58(67)49-50(59(65)68)52(62)54(64)53(63)51(49)61)40-73-60-57(72-39-45-33-24-17-25-34-45)56(71-38-44-31-22-16-23-32-44)55(70-37-43-29-20-15-21-30-43)48(74-60)41-69-36-42-27-18-14-19-28-42/h14-35,46-48,55-57,60,66H,2-13,36-41H2,1H3/b35-26-/t46-,47-,48+,55-,56-,57+,60+/m0/s1. The van der Waals surface area contributed by atoms with E-state index in [2.05, 4.69) is 6.92 Å². The maximum Gasteiger partial charge on any atom is 0.263 e. The Morgan fingerprint density at radius 3 is 1.43 bits per heavy atom. The van der Waals surface area contributed by atoms with Gasteiger partial charge in [-0.25, -0.2) is 0 Å². The fourth-order valence-electron chi connectivity index (χ4n) is 9.36. The van der Waals surface area contributed by atoms with Gasteiger partial charge in [0.15, 0.2) is 6.29 Å². The average Bonchev–Trinajstić information content (AvgIpc) is 3.69. The van der Waals surface area contributed by atoms with E-state index in [0.717, 1.165) is 46.4 Å². The summed E-state index contributed by atoms with van der Waals surface area (Å²) < 4.78 is 40.7. The van der Waals surface area contributed by atoms with E-state index in [-0.39, 0.29) is 57.6 Å². The molecule has 0 aromatic heterocycles. The number of aliphatic hydroxyl groups excluding tert-OH is 1. The van der Waals surface area contributed by atoms with Crippen LogP contribution in [0.25, 0.3) is 0 Å². The number of nitrogens with zero attached hydrogens (tertiary/aromatic N) is 1. The second-order valence-electron chi connectivity index (χ2n) is 19.0. The number of allylic oxidation sites excluding steroid dienone is 1. The number of rotatable bonds is 31. The minimum absolute atomic E-state index is 0.0651. The maximum absolute atomic E-state index is 14.5. The number of benzene rings is 5. The SMILES string of the molecule is CCCCCCCCCCCCC/C=C\[C@H](O)[C@H](CO[C@@H]1O[C@H](COCc2ccccc2)[C@H](OCc2ccccc2)[C@H](OCc2ccccc2)[C@H]1OCc1ccccc1)N1C(=O)c2c(Cl)c(Cl)c(Cl)c(Cl)c2C1=O. The van der Waals surface area contributed by atoms with Crippen LogP contribution in [0.1, 0.15) is 127 Å². The van der Waals surface area contributed by atoms with E-state index in [1.165, 1.54) is 51.4 Å². The third-order valence-electron chi connectivity index (χ3n) is 13.4. The predicted octanol–water partition coefficient (Wildman–Crippen LogP) is 14.6. The summed E-state index contributed by atoms with van der Waals surface area (Å²) in [5, 5.41) is 11.4. The molecular formula is C60H69Cl4NO9. The second kappa shape index (κ2) is 30.6. The summed E-state index contributed by atoms with van der Waals surface area (Å²) in [5.41, 5.74) is 3.30. The first kappa shape index (κ1) is 57.6. The van der Waals surface area contributed by atoms with Crippen LogP contribution in [0.5, 0.6) is 0 Å². The highest BCUT2D eigenvalue weighted by molar-refractivity contribution is 6.55. The van der Waals surface area contributed by atoms with Gasteiger partial charge in [0, 0.05) is 0 Å². The predicted molar refractivity (Wildman–Crippen MR) is 293 cm³/mol. The van der Waals surface area contributed by atoms with E-state index in [0.29, 0.717) is 13.0 Å². The minimum atomic E-state index is -1.40. The molecule has 1 fully saturated rings. The summed E-state index contributed by atoms with van der Waals surface area (Å²) in [5.74, 6) is -1.62. The van der Waals surface area contributed by atoms with Gasteiger partial charge in [0.25, 0.3) is 11.8 Å². The topological polar surface area (TPSA) is 113 Å². The Balaban J connectivity index is 1.17. The van der Waals surface area contributed by atoms with Crippen LogP contribution < -0.4 is 0 Å². The molecule has 2 aliphatic heterocycles. The zero-order valence-corrected chi connectivity index (χ0v) is 45.2. The van der Waals surface area contributed by atoms with Crippen molar-refractivity contribution in [2.24, 2.45) is 0 Å². The molecular weight excluding hydrogens is 1020 g/mol. The van der Waals surface area contributed by atoms with Crippen molar-refractivity contribution in [1.82, 2.24) is 4.90 Å². The summed E-state index contributed by atoms with van der Waals surface area (Å²) in [6.45, 7) is 2.74. The normalized spacial score (nSPS) is 19.6. The van der Waals surface area contributed by atoms with Crippen LogP contribution >= 0.6 is 46.4 Å². The zero-order valence-electron chi connectivity index (χ0n) is 42.1. The van der Waals surface area contributed by atoms with Gasteiger partial charge in [0.2, 0.25) is 0 Å². The summed E-state index contributed by atoms with van der Waals surface area (Å²) >= 11 is 26.2. The van der Waals surface area contributed by atoms with E-state index < -0.39 is 61.3 Å². The average molecular weight is 1090 g/mol. The summed E-state index contributed by atoms with van der Waals surface area (Å²) in [4.78, 5) is 29.9. The summed E-state index contributed by atoms with van der Waals surface area (Å²) in [6, 6.07) is 37.8. The van der Waals surface area contributed by atoms with Gasteiger partial charge >= 0.3 is 0 Å². The Bertz CT molecular complexity index is 2460. The highest BCUT2D eigenvalue weighted by Gasteiger charge is 2.51. The number of fused-ring (bicyclic) bond motifs is 1. The van der Waals surface area contributed by atoms with Crippen molar-refractivity contribution >= 4 is 58.2 Å². The van der Waals surface area contributed by atoms with Crippen LogP contribution in [0.4, 0.5) is 0 Å². The van der Waals surface area contributed by atoms with E-state index in [1.54, 1.807) is 6.08 Å². The molecule has 2 aliphatic rings. The fraction of sp³-hybridized carbons (Fsp3) is 0.433. The van der Waals surface area contributed by atoms with Crippen LogP contribution in [-0.2, 0) is 54.8 Å². The molecule has 7 rings (SSSR count). The highest BCUT2D eigenvalue weighted by atomic mass is 35.5. The molecule has 2 amide bonds. The van der Waals surface area contributed by atoms with Gasteiger partial charge in [0.1, 0.15) is 24.4 Å². The Morgan fingerprint density at radius 1 is 0.541 bits per heavy atom. The smallest absolute Gasteiger partial charge is 0.263 e. The third-order valence-corrected chi connectivity index (χ3v) is 15.2. The maximum atomic E-state index is 14.5. The second-order valence-corrected chi connectivity index (χ2v) is 20.5. The van der Waals surface area contributed by atoms with E-state index in [4.69, 9.17) is 74.8 Å². The number of hydrogen-bond acceptors (Lipinski definition) is 9. The molecule has 10 nitrogen and oxygen atoms in total. The van der Waals surface area contributed by atoms with Gasteiger partial charge in [-0.2, -0.15) is 0 Å². The van der Waals surface area contributed by atoms with Crippen LogP contribution in [0.3, 0.4) is 0 Å². The van der Waals surface area contributed by atoms with E-state index >= 15 is 0 Å². The lowest BCUT2D eigenvalue weighted by Crippen LogP contribution is -2.62. The summed E-state index contributed by atoms with van der Waals surface area (Å²) in [7, 11) is 0. The molecule has 74 heavy (non-hydrogen) atoms. The number of ether oxygens (including phenoxy) is 6. The van der Waals surface area contributed by atoms with E-state index in [9.17, 15) is 14.7 Å². The number of imide groups is 1. The van der Waals surface area contributed by atoms with Gasteiger partial charge in [-0.1, -0.05) is 251 Å². The van der Waals surface area contributed by atoms with Crippen LogP contribution in [0, 0.1) is 0 Å². The van der Waals surface area contributed by atoms with Gasteiger partial charge < -0.3 is 33.5 Å². The molecule has 7 atom stereocenters. The molecule has 0 saturated carbocycles. The molecule has 2 heterocycles. The van der Waals surface area contributed by atoms with Crippen LogP contribution in [-0.4, -0.2) is 77.9 Å². The zero-order chi connectivity index (χ0) is 52.1. The number of aliphatic hydroxyl groups is 1. The largest absolute Gasteiger partial charge is 0.387 e. The Kier molecular flexibility index (Phi) is 23.8. The molecule has 14 heteroatoms. The third kappa shape index (κ3) is 16.2.